The van der Waals surface area contributed by atoms with Crippen molar-refractivity contribution in [2.45, 2.75) is 27.2 Å². The summed E-state index contributed by atoms with van der Waals surface area (Å²) in [6.45, 7) is 6.06. The summed E-state index contributed by atoms with van der Waals surface area (Å²) in [4.78, 5) is 4.49. The van der Waals surface area contributed by atoms with Crippen LogP contribution in [0.1, 0.15) is 44.2 Å². The fraction of sp³-hybridized carbons (Fsp3) is 0.0943. The SMILES string of the molecule is [2H]c1nc(-n2c3[c-]c(Oc4[c-]c(-n5[c-][n+](-c6c(-c7c([2H])c([2H])c([2H])c([2H])c7[2H])cccc6-c6c([2H])c([2H])c([2H])c([2H])c6[2H])c6ccccc65)ccc4)ccc3c3ccccc32)c([2H])c(CC(C)(C)C)c1[2H].[Pt]. The molecule has 7 aromatic carbocycles. The van der Waals surface area contributed by atoms with E-state index < -0.39 is 60.4 Å². The molecule has 290 valence electrons. The Bertz CT molecular complexity index is 3740. The molecule has 3 aromatic heterocycles. The summed E-state index contributed by atoms with van der Waals surface area (Å²) in [5, 5.41) is 1.67. The van der Waals surface area contributed by atoms with E-state index in [1.54, 1.807) is 68.3 Å². The molecule has 0 aliphatic carbocycles. The van der Waals surface area contributed by atoms with E-state index in [1.807, 2.05) is 63.2 Å². The van der Waals surface area contributed by atoms with Crippen LogP contribution in [-0.2, 0) is 27.5 Å². The minimum Gasteiger partial charge on any atom is -0.510 e. The number of para-hydroxylation sites is 4. The van der Waals surface area contributed by atoms with Crippen LogP contribution < -0.4 is 9.30 Å². The van der Waals surface area contributed by atoms with Gasteiger partial charge in [-0.1, -0.05) is 147 Å². The van der Waals surface area contributed by atoms with Crippen molar-refractivity contribution in [2.24, 2.45) is 5.41 Å². The molecule has 0 aliphatic rings. The van der Waals surface area contributed by atoms with Gasteiger partial charge in [0.15, 0.2) is 0 Å². The van der Waals surface area contributed by atoms with Gasteiger partial charge in [0.2, 0.25) is 0 Å². The van der Waals surface area contributed by atoms with Crippen LogP contribution in [0.25, 0.3) is 72.3 Å². The standard InChI is InChI=1S/C53H40N4O.Pt/c1-53(2,3)35-37-30-31-54-51(32-37)57-47-25-11-10-22-45(47)46-29-28-42(34-50(46)57)58-41-21-14-20-40(33-41)55-36-56(49-27-13-12-26-48(49)55)52-43(38-16-6-4-7-17-38)23-15-24-44(52)39-18-8-5-9-19-39;/h4-32H,35H2,1-3H3;/q-2;/i4D,5D,6D,7D,8D,9D,16D,17D,18D,19D,30D,31D,32D;. The Kier molecular flexibility index (Phi) is 6.83. The van der Waals surface area contributed by atoms with Crippen LogP contribution in [0.15, 0.2) is 176 Å². The zero-order chi connectivity index (χ0) is 50.5. The minimum absolute atomic E-state index is 0. The smallest absolute Gasteiger partial charge is 0.268 e. The maximum Gasteiger partial charge on any atom is 0.268 e. The molecule has 0 atom stereocenters. The van der Waals surface area contributed by atoms with E-state index in [-0.39, 0.29) is 84.2 Å². The molecular formula is C53H40N4OPt-2. The first-order chi connectivity index (χ1) is 33.8. The fourth-order valence-corrected chi connectivity index (χ4v) is 7.33. The predicted octanol–water partition coefficient (Wildman–Crippen LogP) is 12.5. The summed E-state index contributed by atoms with van der Waals surface area (Å²) in [5.41, 5.74) is 2.97. The molecule has 6 heteroatoms. The molecule has 0 saturated carbocycles. The van der Waals surface area contributed by atoms with Gasteiger partial charge in [-0.25, -0.2) is 4.98 Å². The topological polar surface area (TPSA) is 35.9 Å². The van der Waals surface area contributed by atoms with Gasteiger partial charge in [0, 0.05) is 44.3 Å². The summed E-state index contributed by atoms with van der Waals surface area (Å²) in [6.07, 6.45) is 3.52. The molecule has 0 fully saturated rings. The Morgan fingerprint density at radius 1 is 0.678 bits per heavy atom. The molecule has 0 saturated heterocycles. The van der Waals surface area contributed by atoms with Crippen LogP contribution in [0.2, 0.25) is 0 Å². The summed E-state index contributed by atoms with van der Waals surface area (Å²) >= 11 is 0. The van der Waals surface area contributed by atoms with Crippen LogP contribution in [0, 0.1) is 23.9 Å². The maximum absolute atomic E-state index is 9.32. The molecular weight excluding hydrogens is 904 g/mol. The van der Waals surface area contributed by atoms with Gasteiger partial charge < -0.3 is 13.9 Å². The van der Waals surface area contributed by atoms with Crippen molar-refractivity contribution >= 4 is 32.8 Å². The van der Waals surface area contributed by atoms with Gasteiger partial charge in [-0.15, -0.1) is 29.7 Å². The largest absolute Gasteiger partial charge is 0.510 e. The van der Waals surface area contributed by atoms with Crippen LogP contribution in [0.4, 0.5) is 0 Å². The molecule has 0 amide bonds. The number of rotatable bonds is 8. The third-order valence-electron chi connectivity index (χ3n) is 9.68. The van der Waals surface area contributed by atoms with E-state index in [0.717, 1.165) is 16.3 Å². The van der Waals surface area contributed by atoms with Gasteiger partial charge in [-0.05, 0) is 68.9 Å². The van der Waals surface area contributed by atoms with Crippen LogP contribution in [-0.4, -0.2) is 14.1 Å². The predicted molar refractivity (Wildman–Crippen MR) is 234 cm³/mol. The van der Waals surface area contributed by atoms with Crippen molar-refractivity contribution < 1.29 is 48.2 Å². The van der Waals surface area contributed by atoms with Gasteiger partial charge in [0.05, 0.1) is 34.5 Å². The maximum atomic E-state index is 9.32. The Balaban J connectivity index is 0.00000640. The van der Waals surface area contributed by atoms with Crippen LogP contribution in [0.3, 0.4) is 0 Å². The second-order valence-electron chi connectivity index (χ2n) is 14.9. The first-order valence-electron chi connectivity index (χ1n) is 25.1. The van der Waals surface area contributed by atoms with Crippen LogP contribution in [0.5, 0.6) is 11.5 Å². The van der Waals surface area contributed by atoms with Crippen LogP contribution >= 0.6 is 0 Å². The fourth-order valence-electron chi connectivity index (χ4n) is 7.33. The second kappa shape index (κ2) is 15.7. The van der Waals surface area contributed by atoms with E-state index in [4.69, 9.17) is 21.2 Å². The number of benzene rings is 7. The number of aromatic nitrogens is 4. The molecule has 10 rings (SSSR count). The van der Waals surface area contributed by atoms with Crippen molar-refractivity contribution in [2.75, 3.05) is 0 Å². The van der Waals surface area contributed by atoms with Crippen molar-refractivity contribution in [1.29, 1.82) is 0 Å². The van der Waals surface area contributed by atoms with Crippen molar-refractivity contribution in [3.05, 3.63) is 200 Å². The molecule has 0 bridgehead atoms. The summed E-state index contributed by atoms with van der Waals surface area (Å²) in [7, 11) is 0. The molecule has 10 aromatic rings. The normalized spacial score (nSPS) is 14.7. The van der Waals surface area contributed by atoms with Gasteiger partial charge in [0.25, 0.3) is 6.33 Å². The van der Waals surface area contributed by atoms with Gasteiger partial charge in [-0.2, -0.15) is 18.2 Å². The molecule has 0 N–H and O–H groups in total. The first kappa shape index (κ1) is 25.7. The summed E-state index contributed by atoms with van der Waals surface area (Å²) in [6, 6.07) is 29.6. The number of ether oxygens (including phenoxy) is 1. The molecule has 59 heavy (non-hydrogen) atoms. The molecule has 0 spiro atoms. The van der Waals surface area contributed by atoms with Gasteiger partial charge in [0.1, 0.15) is 5.82 Å². The molecule has 5 nitrogen and oxygen atoms in total. The molecule has 0 aliphatic heterocycles. The van der Waals surface area contributed by atoms with E-state index >= 15 is 0 Å². The Hall–Kier alpha value is -6.55. The van der Waals surface area contributed by atoms with Crippen molar-refractivity contribution in [1.82, 2.24) is 14.1 Å². The number of pyridine rings is 1. The van der Waals surface area contributed by atoms with Crippen molar-refractivity contribution in [3.8, 4) is 50.9 Å². The number of imidazole rings is 1. The zero-order valence-electron chi connectivity index (χ0n) is 45.0. The van der Waals surface area contributed by atoms with E-state index in [2.05, 4.69) is 23.4 Å². The third-order valence-corrected chi connectivity index (χ3v) is 9.68. The van der Waals surface area contributed by atoms with Gasteiger partial charge >= 0.3 is 0 Å². The van der Waals surface area contributed by atoms with E-state index in [1.165, 1.54) is 0 Å². The Morgan fingerprint density at radius 2 is 1.34 bits per heavy atom. The molecule has 0 unspecified atom stereocenters. The quantitative estimate of drug-likeness (QED) is 0.112. The molecule has 3 heterocycles. The Morgan fingerprint density at radius 3 is 2.07 bits per heavy atom. The first-order valence-corrected chi connectivity index (χ1v) is 18.6. The summed E-state index contributed by atoms with van der Waals surface area (Å²) in [5.74, 6) is 0.771. The average Bonchev–Trinajstić information content (AvgIpc) is 3.90. The number of fused-ring (bicyclic) bond motifs is 4. The Labute approximate surface area is 377 Å². The summed E-state index contributed by atoms with van der Waals surface area (Å²) < 4.78 is 125. The van der Waals surface area contributed by atoms with Crippen molar-refractivity contribution in [3.63, 3.8) is 0 Å². The minimum atomic E-state index is -0.591. The zero-order valence-corrected chi connectivity index (χ0v) is 34.2. The number of hydrogen-bond donors (Lipinski definition) is 0. The number of nitrogens with zero attached hydrogens (tertiary/aromatic N) is 4. The molecule has 0 radical (unpaired) electrons. The second-order valence-corrected chi connectivity index (χ2v) is 14.9. The number of hydrogen-bond acceptors (Lipinski definition) is 2. The van der Waals surface area contributed by atoms with Gasteiger partial charge in [-0.3, -0.25) is 4.57 Å². The average molecular weight is 957 g/mol. The van der Waals surface area contributed by atoms with E-state index in [9.17, 15) is 1.37 Å². The van der Waals surface area contributed by atoms with E-state index in [0.29, 0.717) is 40.0 Å². The third kappa shape index (κ3) is 7.28. The monoisotopic (exact) mass is 956 g/mol.